The van der Waals surface area contributed by atoms with Crippen LogP contribution in [0.25, 0.3) is 0 Å². The predicted octanol–water partition coefficient (Wildman–Crippen LogP) is 2.04. The molecule has 0 spiro atoms. The van der Waals surface area contributed by atoms with Gasteiger partial charge in [-0.3, -0.25) is 4.79 Å². The molecule has 0 radical (unpaired) electrons. The molecule has 4 nitrogen and oxygen atoms in total. The summed E-state index contributed by atoms with van der Waals surface area (Å²) in [5, 5.41) is 6.58. The molecule has 2 N–H and O–H groups in total. The standard InChI is InChI=1S/C13H19ClN2O2.ClH/c1-3-15-6-7-16-13(17)9-10-8-11(14)4-5-12(10)18-2;/h4-5,8,15H,3,6-7,9H2,1-2H3,(H,16,17);1H. The van der Waals surface area contributed by atoms with Crippen molar-refractivity contribution < 1.29 is 9.53 Å². The number of benzene rings is 1. The molecule has 0 aliphatic carbocycles. The highest BCUT2D eigenvalue weighted by Gasteiger charge is 2.08. The van der Waals surface area contributed by atoms with E-state index < -0.39 is 0 Å². The van der Waals surface area contributed by atoms with Crippen molar-refractivity contribution in [3.05, 3.63) is 28.8 Å². The fraction of sp³-hybridized carbons (Fsp3) is 0.462. The molecule has 1 aromatic carbocycles. The number of methoxy groups -OCH3 is 1. The van der Waals surface area contributed by atoms with Gasteiger partial charge in [-0.15, -0.1) is 12.4 Å². The molecule has 6 heteroatoms. The number of rotatable bonds is 7. The quantitative estimate of drug-likeness (QED) is 0.758. The van der Waals surface area contributed by atoms with Crippen molar-refractivity contribution in [2.75, 3.05) is 26.7 Å². The lowest BCUT2D eigenvalue weighted by Crippen LogP contribution is -2.32. The van der Waals surface area contributed by atoms with E-state index in [-0.39, 0.29) is 24.7 Å². The van der Waals surface area contributed by atoms with Crippen molar-refractivity contribution in [1.29, 1.82) is 0 Å². The van der Waals surface area contributed by atoms with Gasteiger partial charge in [-0.2, -0.15) is 0 Å². The maximum atomic E-state index is 11.7. The Labute approximate surface area is 125 Å². The van der Waals surface area contributed by atoms with Crippen LogP contribution in [0.5, 0.6) is 5.75 Å². The number of likely N-dealkylation sites (N-methyl/N-ethyl adjacent to an activating group) is 1. The van der Waals surface area contributed by atoms with Crippen LogP contribution in [0, 0.1) is 0 Å². The lowest BCUT2D eigenvalue weighted by Gasteiger charge is -2.09. The number of ether oxygens (including phenoxy) is 1. The molecule has 1 aromatic rings. The van der Waals surface area contributed by atoms with Gasteiger partial charge in [0.15, 0.2) is 0 Å². The molecule has 0 unspecified atom stereocenters. The van der Waals surface area contributed by atoms with E-state index in [4.69, 9.17) is 16.3 Å². The SMILES string of the molecule is CCNCCNC(=O)Cc1cc(Cl)ccc1OC.Cl. The molecule has 1 amide bonds. The number of halogens is 2. The molecule has 0 heterocycles. The fourth-order valence-electron chi connectivity index (χ4n) is 1.59. The van der Waals surface area contributed by atoms with Crippen LogP contribution in [0.2, 0.25) is 5.02 Å². The number of hydrogen-bond acceptors (Lipinski definition) is 3. The van der Waals surface area contributed by atoms with Crippen molar-refractivity contribution in [3.63, 3.8) is 0 Å². The molecule has 0 aliphatic heterocycles. The second kappa shape index (κ2) is 9.89. The summed E-state index contributed by atoms with van der Waals surface area (Å²) in [6, 6.07) is 5.26. The van der Waals surface area contributed by atoms with Gasteiger partial charge in [0.2, 0.25) is 5.91 Å². The minimum Gasteiger partial charge on any atom is -0.496 e. The Kier molecular flexibility index (Phi) is 9.39. The van der Waals surface area contributed by atoms with Crippen LogP contribution in [0.4, 0.5) is 0 Å². The molecule has 0 saturated heterocycles. The Morgan fingerprint density at radius 2 is 2.11 bits per heavy atom. The summed E-state index contributed by atoms with van der Waals surface area (Å²) in [4.78, 5) is 11.7. The summed E-state index contributed by atoms with van der Waals surface area (Å²) < 4.78 is 5.19. The van der Waals surface area contributed by atoms with Crippen LogP contribution in [0.3, 0.4) is 0 Å². The fourth-order valence-corrected chi connectivity index (χ4v) is 1.78. The Bertz CT molecular complexity index is 400. The molecule has 0 atom stereocenters. The summed E-state index contributed by atoms with van der Waals surface area (Å²) in [6.07, 6.45) is 0.274. The summed E-state index contributed by atoms with van der Waals surface area (Å²) in [5.74, 6) is 0.648. The first kappa shape index (κ1) is 18.0. The highest BCUT2D eigenvalue weighted by atomic mass is 35.5. The smallest absolute Gasteiger partial charge is 0.224 e. The van der Waals surface area contributed by atoms with Gasteiger partial charge < -0.3 is 15.4 Å². The van der Waals surface area contributed by atoms with Gasteiger partial charge in [-0.05, 0) is 24.7 Å². The molecule has 0 fully saturated rings. The molecule has 108 valence electrons. The van der Waals surface area contributed by atoms with E-state index in [9.17, 15) is 4.79 Å². The van der Waals surface area contributed by atoms with Crippen molar-refractivity contribution in [3.8, 4) is 5.75 Å². The predicted molar refractivity (Wildman–Crippen MR) is 80.5 cm³/mol. The topological polar surface area (TPSA) is 50.4 Å². The average Bonchev–Trinajstić information content (AvgIpc) is 2.35. The van der Waals surface area contributed by atoms with Crippen LogP contribution in [0.15, 0.2) is 18.2 Å². The van der Waals surface area contributed by atoms with Gasteiger partial charge in [0.1, 0.15) is 5.75 Å². The molecule has 19 heavy (non-hydrogen) atoms. The Hall–Kier alpha value is -0.970. The summed E-state index contributed by atoms with van der Waals surface area (Å²) in [5.41, 5.74) is 0.797. The Morgan fingerprint density at radius 3 is 2.74 bits per heavy atom. The van der Waals surface area contributed by atoms with Gasteiger partial charge in [0.05, 0.1) is 13.5 Å². The average molecular weight is 307 g/mol. The van der Waals surface area contributed by atoms with Crippen molar-refractivity contribution in [2.24, 2.45) is 0 Å². The van der Waals surface area contributed by atoms with Crippen molar-refractivity contribution >= 4 is 29.9 Å². The second-order valence-electron chi connectivity index (χ2n) is 3.84. The van der Waals surface area contributed by atoms with Gasteiger partial charge in [-0.1, -0.05) is 18.5 Å². The first-order valence-electron chi connectivity index (χ1n) is 5.97. The van der Waals surface area contributed by atoms with E-state index in [1.54, 1.807) is 25.3 Å². The minimum atomic E-state index is -0.0338. The van der Waals surface area contributed by atoms with Crippen LogP contribution in [-0.2, 0) is 11.2 Å². The molecule has 0 aromatic heterocycles. The summed E-state index contributed by atoms with van der Waals surface area (Å²) in [6.45, 7) is 4.32. The number of nitrogens with one attached hydrogen (secondary N) is 2. The summed E-state index contributed by atoms with van der Waals surface area (Å²) in [7, 11) is 1.58. The van der Waals surface area contributed by atoms with Crippen LogP contribution >= 0.6 is 24.0 Å². The molecular formula is C13H20Cl2N2O2. The lowest BCUT2D eigenvalue weighted by atomic mass is 10.1. The molecule has 0 saturated carbocycles. The maximum Gasteiger partial charge on any atom is 0.224 e. The number of carbonyl (C=O) groups is 1. The third-order valence-electron chi connectivity index (χ3n) is 2.47. The third kappa shape index (κ3) is 6.66. The molecule has 0 bridgehead atoms. The molecule has 0 aliphatic rings. The zero-order chi connectivity index (χ0) is 13.4. The highest BCUT2D eigenvalue weighted by molar-refractivity contribution is 6.30. The summed E-state index contributed by atoms with van der Waals surface area (Å²) >= 11 is 5.91. The highest BCUT2D eigenvalue weighted by Crippen LogP contribution is 2.22. The van der Waals surface area contributed by atoms with Gasteiger partial charge >= 0.3 is 0 Å². The van der Waals surface area contributed by atoms with E-state index in [0.717, 1.165) is 18.7 Å². The Balaban J connectivity index is 0.00000324. The van der Waals surface area contributed by atoms with Gasteiger partial charge in [-0.25, -0.2) is 0 Å². The first-order chi connectivity index (χ1) is 8.67. The number of hydrogen-bond donors (Lipinski definition) is 2. The molecule has 1 rings (SSSR count). The third-order valence-corrected chi connectivity index (χ3v) is 2.70. The second-order valence-corrected chi connectivity index (χ2v) is 4.27. The van der Waals surface area contributed by atoms with E-state index in [1.807, 2.05) is 6.92 Å². The lowest BCUT2D eigenvalue weighted by molar-refractivity contribution is -0.120. The van der Waals surface area contributed by atoms with Crippen molar-refractivity contribution in [2.45, 2.75) is 13.3 Å². The molecular weight excluding hydrogens is 287 g/mol. The Morgan fingerprint density at radius 1 is 1.37 bits per heavy atom. The maximum absolute atomic E-state index is 11.7. The van der Waals surface area contributed by atoms with E-state index in [1.165, 1.54) is 0 Å². The van der Waals surface area contributed by atoms with Crippen molar-refractivity contribution in [1.82, 2.24) is 10.6 Å². The van der Waals surface area contributed by atoms with Crippen LogP contribution in [-0.4, -0.2) is 32.7 Å². The monoisotopic (exact) mass is 306 g/mol. The number of carbonyl (C=O) groups excluding carboxylic acids is 1. The normalized spacial score (nSPS) is 9.63. The minimum absolute atomic E-state index is 0. The van der Waals surface area contributed by atoms with Gasteiger partial charge in [0.25, 0.3) is 0 Å². The van der Waals surface area contributed by atoms with Crippen LogP contribution in [0.1, 0.15) is 12.5 Å². The van der Waals surface area contributed by atoms with Gasteiger partial charge in [0, 0.05) is 23.7 Å². The first-order valence-corrected chi connectivity index (χ1v) is 6.35. The van der Waals surface area contributed by atoms with Crippen LogP contribution < -0.4 is 15.4 Å². The van der Waals surface area contributed by atoms with E-state index in [0.29, 0.717) is 17.3 Å². The largest absolute Gasteiger partial charge is 0.496 e. The van der Waals surface area contributed by atoms with E-state index >= 15 is 0 Å². The zero-order valence-corrected chi connectivity index (χ0v) is 12.7. The number of amides is 1. The van der Waals surface area contributed by atoms with E-state index in [2.05, 4.69) is 10.6 Å². The zero-order valence-electron chi connectivity index (χ0n) is 11.2.